The number of aryl methyl sites for hydroxylation is 1. The van der Waals surface area contributed by atoms with E-state index in [2.05, 4.69) is 0 Å². The molecule has 1 aromatic carbocycles. The van der Waals surface area contributed by atoms with Crippen LogP contribution in [-0.2, 0) is 14.8 Å². The summed E-state index contributed by atoms with van der Waals surface area (Å²) in [6, 6.07) is 6.87. The number of hydrogen-bond donors (Lipinski definition) is 1. The van der Waals surface area contributed by atoms with Crippen molar-refractivity contribution in [2.45, 2.75) is 24.7 Å². The van der Waals surface area contributed by atoms with E-state index >= 15 is 0 Å². The molecule has 1 heterocycles. The Morgan fingerprint density at radius 1 is 1.14 bits per heavy atom. The summed E-state index contributed by atoms with van der Waals surface area (Å²) in [5, 5.41) is 9.07. The molecular weight excluding hydrogens is 290 g/mol. The molecule has 21 heavy (non-hydrogen) atoms. The quantitative estimate of drug-likeness (QED) is 0.922. The van der Waals surface area contributed by atoms with Crippen LogP contribution < -0.4 is 0 Å². The number of rotatable bonds is 3. The van der Waals surface area contributed by atoms with E-state index in [0.29, 0.717) is 30.8 Å². The molecule has 2 aliphatic rings. The molecule has 0 radical (unpaired) electrons. The summed E-state index contributed by atoms with van der Waals surface area (Å²) in [7, 11) is -3.45. The first-order chi connectivity index (χ1) is 9.88. The van der Waals surface area contributed by atoms with Crippen LogP contribution in [-0.4, -0.2) is 36.9 Å². The van der Waals surface area contributed by atoms with Gasteiger partial charge in [0.1, 0.15) is 0 Å². The van der Waals surface area contributed by atoms with E-state index in [1.807, 2.05) is 6.92 Å². The lowest BCUT2D eigenvalue weighted by atomic mass is 10.0. The molecular formula is C15H19NO4S. The Morgan fingerprint density at radius 2 is 1.67 bits per heavy atom. The van der Waals surface area contributed by atoms with Gasteiger partial charge in [0.05, 0.1) is 10.8 Å². The van der Waals surface area contributed by atoms with Crippen molar-refractivity contribution >= 4 is 16.0 Å². The summed E-state index contributed by atoms with van der Waals surface area (Å²) in [5.74, 6) is -0.681. The van der Waals surface area contributed by atoms with Crippen molar-refractivity contribution < 1.29 is 18.3 Å². The molecule has 1 aliphatic carbocycles. The molecule has 5 nitrogen and oxygen atoms in total. The van der Waals surface area contributed by atoms with E-state index in [9.17, 15) is 13.2 Å². The van der Waals surface area contributed by atoms with E-state index in [0.717, 1.165) is 5.56 Å². The van der Waals surface area contributed by atoms with E-state index in [4.69, 9.17) is 5.11 Å². The molecule has 2 atom stereocenters. The van der Waals surface area contributed by atoms with Gasteiger partial charge in [-0.25, -0.2) is 8.42 Å². The average molecular weight is 309 g/mol. The Bertz CT molecular complexity index is 639. The number of fused-ring (bicyclic) bond motifs is 1. The van der Waals surface area contributed by atoms with Gasteiger partial charge in [0.25, 0.3) is 0 Å². The SMILES string of the molecule is Cc1ccc(S(=O)(=O)N2CC3CC(C(=O)O)CC3C2)cc1. The lowest BCUT2D eigenvalue weighted by Crippen LogP contribution is -2.30. The largest absolute Gasteiger partial charge is 0.481 e. The topological polar surface area (TPSA) is 74.7 Å². The third kappa shape index (κ3) is 2.58. The highest BCUT2D eigenvalue weighted by Gasteiger charge is 2.46. The number of carboxylic acids is 1. The van der Waals surface area contributed by atoms with Crippen LogP contribution in [0, 0.1) is 24.7 Å². The van der Waals surface area contributed by atoms with Crippen molar-refractivity contribution in [2.75, 3.05) is 13.1 Å². The second-order valence-corrected chi connectivity index (χ2v) is 8.10. The summed E-state index contributed by atoms with van der Waals surface area (Å²) in [6.45, 7) is 2.82. The lowest BCUT2D eigenvalue weighted by molar-refractivity contribution is -0.141. The van der Waals surface area contributed by atoms with Gasteiger partial charge < -0.3 is 5.11 Å². The third-order valence-corrected chi connectivity index (χ3v) is 6.57. The van der Waals surface area contributed by atoms with Gasteiger partial charge in [-0.2, -0.15) is 4.31 Å². The number of carboxylic acid groups (broad SMARTS) is 1. The normalized spacial score (nSPS) is 29.5. The molecule has 0 amide bonds. The number of hydrogen-bond acceptors (Lipinski definition) is 3. The van der Waals surface area contributed by atoms with Crippen molar-refractivity contribution in [2.24, 2.45) is 17.8 Å². The first-order valence-electron chi connectivity index (χ1n) is 7.17. The fraction of sp³-hybridized carbons (Fsp3) is 0.533. The van der Waals surface area contributed by atoms with E-state index in [1.165, 1.54) is 4.31 Å². The van der Waals surface area contributed by atoms with Gasteiger partial charge in [0.15, 0.2) is 0 Å². The smallest absolute Gasteiger partial charge is 0.306 e. The van der Waals surface area contributed by atoms with Gasteiger partial charge in [-0.05, 0) is 43.7 Å². The Balaban J connectivity index is 1.76. The molecule has 3 rings (SSSR count). The highest BCUT2D eigenvalue weighted by atomic mass is 32.2. The van der Waals surface area contributed by atoms with Gasteiger partial charge in [-0.15, -0.1) is 0 Å². The van der Waals surface area contributed by atoms with Crippen LogP contribution in [0.1, 0.15) is 18.4 Å². The zero-order valence-corrected chi connectivity index (χ0v) is 12.7. The number of benzene rings is 1. The maximum atomic E-state index is 12.6. The summed E-state index contributed by atoms with van der Waals surface area (Å²) in [4.78, 5) is 11.4. The molecule has 0 bridgehead atoms. The lowest BCUT2D eigenvalue weighted by Gasteiger charge is -2.18. The van der Waals surface area contributed by atoms with Crippen LogP contribution in [0.4, 0.5) is 0 Å². The summed E-state index contributed by atoms with van der Waals surface area (Å²) in [5.41, 5.74) is 1.02. The van der Waals surface area contributed by atoms with Crippen LogP contribution in [0.5, 0.6) is 0 Å². The van der Waals surface area contributed by atoms with Gasteiger partial charge in [0, 0.05) is 13.1 Å². The van der Waals surface area contributed by atoms with Crippen LogP contribution in [0.2, 0.25) is 0 Å². The van der Waals surface area contributed by atoms with Crippen molar-refractivity contribution in [3.8, 4) is 0 Å². The van der Waals surface area contributed by atoms with Crippen molar-refractivity contribution in [3.05, 3.63) is 29.8 Å². The molecule has 2 unspecified atom stereocenters. The van der Waals surface area contributed by atoms with E-state index in [-0.39, 0.29) is 17.8 Å². The molecule has 0 spiro atoms. The standard InChI is InChI=1S/C15H19NO4S/c1-10-2-4-14(5-3-10)21(19,20)16-8-12-6-11(15(17)18)7-13(12)9-16/h2-5,11-13H,6-9H2,1H3,(H,17,18). The summed E-state index contributed by atoms with van der Waals surface area (Å²) >= 11 is 0. The molecule has 1 N–H and O–H groups in total. The Labute approximate surface area is 124 Å². The van der Waals surface area contributed by atoms with Crippen molar-refractivity contribution in [1.82, 2.24) is 4.31 Å². The number of nitrogens with zero attached hydrogens (tertiary/aromatic N) is 1. The molecule has 114 valence electrons. The maximum absolute atomic E-state index is 12.6. The number of aliphatic carboxylic acids is 1. The first-order valence-corrected chi connectivity index (χ1v) is 8.61. The fourth-order valence-electron chi connectivity index (χ4n) is 3.51. The molecule has 1 aliphatic heterocycles. The van der Waals surface area contributed by atoms with Crippen LogP contribution in [0.3, 0.4) is 0 Å². The Kier molecular flexibility index (Phi) is 3.53. The number of sulfonamides is 1. The minimum absolute atomic E-state index is 0.186. The predicted octanol–water partition coefficient (Wildman–Crippen LogP) is 1.73. The second kappa shape index (κ2) is 5.10. The fourth-order valence-corrected chi connectivity index (χ4v) is 5.07. The maximum Gasteiger partial charge on any atom is 0.306 e. The van der Waals surface area contributed by atoms with Crippen molar-refractivity contribution in [1.29, 1.82) is 0 Å². The second-order valence-electron chi connectivity index (χ2n) is 6.16. The zero-order chi connectivity index (χ0) is 15.2. The predicted molar refractivity (Wildman–Crippen MR) is 77.3 cm³/mol. The summed E-state index contributed by atoms with van der Waals surface area (Å²) in [6.07, 6.45) is 1.19. The van der Waals surface area contributed by atoms with E-state index in [1.54, 1.807) is 24.3 Å². The van der Waals surface area contributed by atoms with Crippen LogP contribution >= 0.6 is 0 Å². The van der Waals surface area contributed by atoms with Gasteiger partial charge in [-0.1, -0.05) is 17.7 Å². The summed E-state index contributed by atoms with van der Waals surface area (Å²) < 4.78 is 26.7. The van der Waals surface area contributed by atoms with Gasteiger partial charge in [-0.3, -0.25) is 4.79 Å². The third-order valence-electron chi connectivity index (χ3n) is 4.73. The zero-order valence-electron chi connectivity index (χ0n) is 11.9. The Morgan fingerprint density at radius 3 is 2.14 bits per heavy atom. The molecule has 1 aromatic rings. The number of carbonyl (C=O) groups is 1. The van der Waals surface area contributed by atoms with Crippen LogP contribution in [0.25, 0.3) is 0 Å². The molecule has 1 saturated heterocycles. The minimum atomic E-state index is -3.45. The molecule has 6 heteroatoms. The average Bonchev–Trinajstić information content (AvgIpc) is 2.97. The van der Waals surface area contributed by atoms with Crippen LogP contribution in [0.15, 0.2) is 29.2 Å². The molecule has 1 saturated carbocycles. The molecule has 2 fully saturated rings. The highest BCUT2D eigenvalue weighted by molar-refractivity contribution is 7.89. The Hall–Kier alpha value is -1.40. The molecule has 0 aromatic heterocycles. The first kappa shape index (κ1) is 14.5. The highest BCUT2D eigenvalue weighted by Crippen LogP contribution is 2.43. The minimum Gasteiger partial charge on any atom is -0.481 e. The van der Waals surface area contributed by atoms with Crippen molar-refractivity contribution in [3.63, 3.8) is 0 Å². The van der Waals surface area contributed by atoms with Gasteiger partial charge in [0.2, 0.25) is 10.0 Å². The van der Waals surface area contributed by atoms with Gasteiger partial charge >= 0.3 is 5.97 Å². The monoisotopic (exact) mass is 309 g/mol. The van der Waals surface area contributed by atoms with E-state index < -0.39 is 16.0 Å².